The second kappa shape index (κ2) is 5.32. The molecule has 0 saturated carbocycles. The Labute approximate surface area is 126 Å². The Morgan fingerprint density at radius 2 is 2.05 bits per heavy atom. The molecule has 1 atom stereocenters. The molecule has 1 aromatic carbocycles. The van der Waals surface area contributed by atoms with Crippen molar-refractivity contribution >= 4 is 26.2 Å². The third kappa shape index (κ3) is 2.49. The minimum Gasteiger partial charge on any atom is -0.345 e. The van der Waals surface area contributed by atoms with Crippen LogP contribution < -0.4 is 5.14 Å². The molecule has 112 valence electrons. The standard InChI is InChI=1S/C14H12N4O3S/c15-22(20,21)14(19)12(9-3-2-6-16-7-9)10-4-1-5-11-13(10)18-8-17-11/h1-8,12H,(H,17,18)(H2,15,20,21). The largest absolute Gasteiger partial charge is 0.345 e. The topological polar surface area (TPSA) is 119 Å². The third-order valence-corrected chi connectivity index (χ3v) is 4.12. The predicted octanol–water partition coefficient (Wildman–Crippen LogP) is 0.905. The van der Waals surface area contributed by atoms with E-state index in [1.807, 2.05) is 0 Å². The number of nitrogens with two attached hydrogens (primary N) is 1. The van der Waals surface area contributed by atoms with E-state index in [4.69, 9.17) is 5.14 Å². The molecule has 0 aliphatic rings. The van der Waals surface area contributed by atoms with Gasteiger partial charge in [0.05, 0.1) is 23.3 Å². The normalized spacial score (nSPS) is 13.1. The molecular weight excluding hydrogens is 304 g/mol. The van der Waals surface area contributed by atoms with Crippen LogP contribution in [0.1, 0.15) is 17.0 Å². The first-order valence-electron chi connectivity index (χ1n) is 6.37. The van der Waals surface area contributed by atoms with Crippen molar-refractivity contribution in [3.63, 3.8) is 0 Å². The Hall–Kier alpha value is -2.58. The number of para-hydroxylation sites is 1. The molecule has 3 N–H and O–H groups in total. The highest BCUT2D eigenvalue weighted by Gasteiger charge is 2.32. The van der Waals surface area contributed by atoms with E-state index in [2.05, 4.69) is 15.0 Å². The summed E-state index contributed by atoms with van der Waals surface area (Å²) in [5, 5.41) is 3.96. The summed E-state index contributed by atoms with van der Waals surface area (Å²) in [5.41, 5.74) is 2.13. The average Bonchev–Trinajstić information content (AvgIpc) is 2.97. The van der Waals surface area contributed by atoms with Crippen LogP contribution in [0, 0.1) is 0 Å². The zero-order valence-electron chi connectivity index (χ0n) is 11.3. The average molecular weight is 316 g/mol. The summed E-state index contributed by atoms with van der Waals surface area (Å²) in [5.74, 6) is -1.07. The monoisotopic (exact) mass is 316 g/mol. The number of carbonyl (C=O) groups excluding carboxylic acids is 1. The molecule has 1 unspecified atom stereocenters. The number of nitrogens with one attached hydrogen (secondary N) is 1. The van der Waals surface area contributed by atoms with Gasteiger partial charge in [-0.05, 0) is 23.3 Å². The molecule has 0 aliphatic heterocycles. The van der Waals surface area contributed by atoms with Gasteiger partial charge in [-0.2, -0.15) is 0 Å². The first-order valence-corrected chi connectivity index (χ1v) is 7.91. The number of H-pyrrole nitrogens is 1. The number of aromatic nitrogens is 3. The predicted molar refractivity (Wildman–Crippen MR) is 80.3 cm³/mol. The maximum Gasteiger partial charge on any atom is 0.273 e. The van der Waals surface area contributed by atoms with Gasteiger partial charge in [0.1, 0.15) is 0 Å². The fourth-order valence-corrected chi connectivity index (χ4v) is 2.97. The minimum atomic E-state index is -4.35. The number of sulfonamides is 1. The molecule has 8 heteroatoms. The van der Waals surface area contributed by atoms with E-state index in [1.54, 1.807) is 30.3 Å². The Morgan fingerprint density at radius 1 is 1.23 bits per heavy atom. The number of primary sulfonamides is 1. The van der Waals surface area contributed by atoms with Crippen LogP contribution in [0.5, 0.6) is 0 Å². The van der Waals surface area contributed by atoms with E-state index >= 15 is 0 Å². The molecule has 3 rings (SSSR count). The summed E-state index contributed by atoms with van der Waals surface area (Å²) < 4.78 is 23.1. The van der Waals surface area contributed by atoms with Crippen molar-refractivity contribution in [3.8, 4) is 0 Å². The van der Waals surface area contributed by atoms with Gasteiger partial charge in [-0.1, -0.05) is 18.2 Å². The molecule has 2 aromatic heterocycles. The summed E-state index contributed by atoms with van der Waals surface area (Å²) in [7, 11) is -4.35. The van der Waals surface area contributed by atoms with Gasteiger partial charge in [-0.15, -0.1) is 0 Å². The van der Waals surface area contributed by atoms with Crippen molar-refractivity contribution < 1.29 is 13.2 Å². The van der Waals surface area contributed by atoms with Gasteiger partial charge in [0.15, 0.2) is 0 Å². The first kappa shape index (κ1) is 14.4. The summed E-state index contributed by atoms with van der Waals surface area (Å²) in [6, 6.07) is 8.42. The van der Waals surface area contributed by atoms with Crippen LogP contribution in [0.25, 0.3) is 11.0 Å². The summed E-state index contributed by atoms with van der Waals surface area (Å²) in [6.07, 6.45) is 4.46. The van der Waals surface area contributed by atoms with E-state index in [0.717, 1.165) is 0 Å². The van der Waals surface area contributed by atoms with Crippen LogP contribution in [0.2, 0.25) is 0 Å². The highest BCUT2D eigenvalue weighted by molar-refractivity contribution is 8.04. The van der Waals surface area contributed by atoms with Gasteiger partial charge < -0.3 is 4.98 Å². The van der Waals surface area contributed by atoms with Gasteiger partial charge in [-0.3, -0.25) is 9.78 Å². The summed E-state index contributed by atoms with van der Waals surface area (Å²) in [4.78, 5) is 23.4. The lowest BCUT2D eigenvalue weighted by Gasteiger charge is -2.15. The lowest BCUT2D eigenvalue weighted by molar-refractivity contribution is -0.112. The number of imidazole rings is 1. The van der Waals surface area contributed by atoms with E-state index in [0.29, 0.717) is 22.2 Å². The van der Waals surface area contributed by atoms with Crippen LogP contribution in [0.4, 0.5) is 0 Å². The van der Waals surface area contributed by atoms with Gasteiger partial charge in [-0.25, -0.2) is 18.5 Å². The van der Waals surface area contributed by atoms with Crippen LogP contribution in [0.15, 0.2) is 49.1 Å². The van der Waals surface area contributed by atoms with Crippen LogP contribution >= 0.6 is 0 Å². The smallest absolute Gasteiger partial charge is 0.273 e. The van der Waals surface area contributed by atoms with E-state index in [-0.39, 0.29) is 0 Å². The quantitative estimate of drug-likeness (QED) is 0.744. The lowest BCUT2D eigenvalue weighted by atomic mass is 9.92. The Morgan fingerprint density at radius 3 is 2.73 bits per heavy atom. The number of hydrogen-bond acceptors (Lipinski definition) is 5. The maximum atomic E-state index is 12.4. The van der Waals surface area contributed by atoms with Crippen molar-refractivity contribution in [2.45, 2.75) is 5.92 Å². The van der Waals surface area contributed by atoms with Crippen LogP contribution in [0.3, 0.4) is 0 Å². The van der Waals surface area contributed by atoms with Gasteiger partial charge in [0.25, 0.3) is 15.1 Å². The molecule has 0 amide bonds. The Kier molecular flexibility index (Phi) is 3.47. The summed E-state index contributed by atoms with van der Waals surface area (Å²) >= 11 is 0. The van der Waals surface area contributed by atoms with E-state index in [9.17, 15) is 13.2 Å². The number of benzene rings is 1. The fourth-order valence-electron chi connectivity index (χ4n) is 2.37. The molecule has 0 saturated heterocycles. The highest BCUT2D eigenvalue weighted by Crippen LogP contribution is 2.30. The molecule has 0 spiro atoms. The molecule has 3 aromatic rings. The molecule has 0 aliphatic carbocycles. The van der Waals surface area contributed by atoms with E-state index in [1.165, 1.54) is 18.7 Å². The van der Waals surface area contributed by atoms with E-state index < -0.39 is 21.1 Å². The molecule has 2 heterocycles. The van der Waals surface area contributed by atoms with Crippen molar-refractivity contribution in [1.82, 2.24) is 15.0 Å². The van der Waals surface area contributed by atoms with Gasteiger partial charge in [0.2, 0.25) is 0 Å². The molecule has 0 bridgehead atoms. The number of nitrogens with zero attached hydrogens (tertiary/aromatic N) is 2. The zero-order valence-corrected chi connectivity index (χ0v) is 12.1. The number of fused-ring (bicyclic) bond motifs is 1. The van der Waals surface area contributed by atoms with Crippen molar-refractivity contribution in [3.05, 3.63) is 60.2 Å². The zero-order chi connectivity index (χ0) is 15.7. The Bertz CT molecular complexity index is 935. The lowest BCUT2D eigenvalue weighted by Crippen LogP contribution is -2.29. The SMILES string of the molecule is NS(=O)(=O)C(=O)C(c1cccnc1)c1cccc2[nH]cnc12. The van der Waals surface area contributed by atoms with Gasteiger partial charge in [0, 0.05) is 12.4 Å². The number of carbonyl (C=O) groups is 1. The van der Waals surface area contributed by atoms with Crippen LogP contribution in [-0.4, -0.2) is 28.5 Å². The number of pyridine rings is 1. The number of aromatic amines is 1. The molecule has 22 heavy (non-hydrogen) atoms. The van der Waals surface area contributed by atoms with Crippen LogP contribution in [-0.2, 0) is 14.8 Å². The number of rotatable bonds is 3. The Balaban J connectivity index is 2.27. The molecule has 0 fully saturated rings. The van der Waals surface area contributed by atoms with Crippen molar-refractivity contribution in [2.75, 3.05) is 0 Å². The van der Waals surface area contributed by atoms with Crippen molar-refractivity contribution in [1.29, 1.82) is 0 Å². The third-order valence-electron chi connectivity index (χ3n) is 3.33. The molecule has 0 radical (unpaired) electrons. The number of hydrogen-bond donors (Lipinski definition) is 2. The second-order valence-electron chi connectivity index (χ2n) is 4.73. The second-order valence-corrected chi connectivity index (χ2v) is 6.22. The highest BCUT2D eigenvalue weighted by atomic mass is 32.2. The maximum absolute atomic E-state index is 12.4. The van der Waals surface area contributed by atoms with Crippen molar-refractivity contribution in [2.24, 2.45) is 5.14 Å². The first-order chi connectivity index (χ1) is 10.5. The summed E-state index contributed by atoms with van der Waals surface area (Å²) in [6.45, 7) is 0. The van der Waals surface area contributed by atoms with Gasteiger partial charge >= 0.3 is 0 Å². The minimum absolute atomic E-state index is 0.442. The fraction of sp³-hybridized carbons (Fsp3) is 0.0714. The molecule has 7 nitrogen and oxygen atoms in total. The molecular formula is C14H12N4O3S.